The Morgan fingerprint density at radius 2 is 2.17 bits per heavy atom. The summed E-state index contributed by atoms with van der Waals surface area (Å²) in [6.45, 7) is 2.57. The molecule has 2 amide bonds. The highest BCUT2D eigenvalue weighted by molar-refractivity contribution is 7.91. The van der Waals surface area contributed by atoms with Gasteiger partial charge in [0.05, 0.1) is 23.7 Å². The summed E-state index contributed by atoms with van der Waals surface area (Å²) >= 11 is 0. The van der Waals surface area contributed by atoms with Crippen LogP contribution in [0.1, 0.15) is 31.4 Å². The first kappa shape index (κ1) is 17.1. The van der Waals surface area contributed by atoms with Gasteiger partial charge in [-0.3, -0.25) is 4.68 Å². The predicted molar refractivity (Wildman–Crippen MR) is 82.5 cm³/mol. The second-order valence-electron chi connectivity index (χ2n) is 6.36. The minimum absolute atomic E-state index is 0.0409. The molecule has 1 aliphatic heterocycles. The monoisotopic (exact) mass is 362 g/mol. The summed E-state index contributed by atoms with van der Waals surface area (Å²) in [5.74, 6) is -3.03. The van der Waals surface area contributed by atoms with Gasteiger partial charge in [-0.2, -0.15) is 5.10 Å². The molecule has 1 atom stereocenters. The van der Waals surface area contributed by atoms with Crippen LogP contribution in [0.15, 0.2) is 12.4 Å². The molecule has 24 heavy (non-hydrogen) atoms. The molecule has 2 fully saturated rings. The fourth-order valence-electron chi connectivity index (χ4n) is 3.07. The third-order valence-electron chi connectivity index (χ3n) is 4.47. The Kier molecular flexibility index (Phi) is 4.27. The zero-order chi connectivity index (χ0) is 17.5. The molecule has 1 saturated heterocycles. The summed E-state index contributed by atoms with van der Waals surface area (Å²) in [6, 6.07) is -1.71. The molecule has 1 aromatic heterocycles. The molecule has 3 rings (SSSR count). The Hall–Kier alpha value is -1.71. The van der Waals surface area contributed by atoms with Crippen molar-refractivity contribution in [2.45, 2.75) is 44.3 Å². The smallest absolute Gasteiger partial charge is 0.318 e. The summed E-state index contributed by atoms with van der Waals surface area (Å²) in [4.78, 5) is 13.8. The normalized spacial score (nSPS) is 26.0. The molecule has 1 aromatic rings. The third kappa shape index (κ3) is 3.52. The maximum atomic E-state index is 12.9. The van der Waals surface area contributed by atoms with Gasteiger partial charge in [-0.1, -0.05) is 0 Å². The van der Waals surface area contributed by atoms with Gasteiger partial charge in [-0.15, -0.1) is 0 Å². The molecule has 1 N–H and O–H groups in total. The summed E-state index contributed by atoms with van der Waals surface area (Å²) in [7, 11) is -3.26. The molecule has 2 aliphatic rings. The van der Waals surface area contributed by atoms with Gasteiger partial charge in [0, 0.05) is 43.7 Å². The average molecular weight is 362 g/mol. The van der Waals surface area contributed by atoms with Gasteiger partial charge < -0.3 is 10.2 Å². The first-order valence-electron chi connectivity index (χ1n) is 7.87. The SMILES string of the molecule is CCn1cc(C2CS(=O)(=O)CCN2C(=O)NC2CC(F)(F)C2)cn1. The van der Waals surface area contributed by atoms with Crippen LogP contribution in [-0.2, 0) is 16.4 Å². The van der Waals surface area contributed by atoms with Crippen LogP contribution in [0.5, 0.6) is 0 Å². The van der Waals surface area contributed by atoms with E-state index in [1.807, 2.05) is 6.92 Å². The molecule has 1 saturated carbocycles. The van der Waals surface area contributed by atoms with Gasteiger partial charge in [0.25, 0.3) is 5.92 Å². The maximum absolute atomic E-state index is 12.9. The maximum Gasteiger partial charge on any atom is 0.318 e. The number of nitrogens with zero attached hydrogens (tertiary/aromatic N) is 3. The summed E-state index contributed by atoms with van der Waals surface area (Å²) in [5.41, 5.74) is 0.634. The highest BCUT2D eigenvalue weighted by Crippen LogP contribution is 2.37. The number of carbonyl (C=O) groups is 1. The zero-order valence-electron chi connectivity index (χ0n) is 13.3. The Bertz CT molecular complexity index is 726. The van der Waals surface area contributed by atoms with Crippen molar-refractivity contribution in [2.24, 2.45) is 0 Å². The molecule has 1 aliphatic carbocycles. The fraction of sp³-hybridized carbons (Fsp3) is 0.714. The Labute approximate surface area is 138 Å². The number of hydrogen-bond donors (Lipinski definition) is 1. The number of carbonyl (C=O) groups excluding carboxylic acids is 1. The standard InChI is InChI=1S/C14H20F2N4O3S/c1-2-19-8-10(7-17-19)12-9-24(22,23)4-3-20(12)13(21)18-11-5-14(15,16)6-11/h7-8,11-12H,2-6,9H2,1H3,(H,18,21). The van der Waals surface area contributed by atoms with Crippen LogP contribution >= 0.6 is 0 Å². The lowest BCUT2D eigenvalue weighted by molar-refractivity contribution is -0.0904. The van der Waals surface area contributed by atoms with Crippen molar-refractivity contribution in [2.75, 3.05) is 18.1 Å². The van der Waals surface area contributed by atoms with E-state index in [0.717, 1.165) is 0 Å². The topological polar surface area (TPSA) is 84.3 Å². The highest BCUT2D eigenvalue weighted by atomic mass is 32.2. The number of aromatic nitrogens is 2. The fourth-order valence-corrected chi connectivity index (χ4v) is 4.57. The Balaban J connectivity index is 1.75. The van der Waals surface area contributed by atoms with Gasteiger partial charge >= 0.3 is 6.03 Å². The highest BCUT2D eigenvalue weighted by Gasteiger charge is 2.47. The molecule has 0 spiro atoms. The molecular formula is C14H20F2N4O3S. The molecule has 0 aromatic carbocycles. The Morgan fingerprint density at radius 3 is 2.75 bits per heavy atom. The second kappa shape index (κ2) is 5.98. The van der Waals surface area contributed by atoms with E-state index < -0.39 is 33.9 Å². The van der Waals surface area contributed by atoms with Crippen molar-refractivity contribution >= 4 is 15.9 Å². The van der Waals surface area contributed by atoms with E-state index in [1.165, 1.54) is 4.90 Å². The van der Waals surface area contributed by atoms with Crippen LogP contribution < -0.4 is 5.32 Å². The molecule has 0 radical (unpaired) electrons. The van der Waals surface area contributed by atoms with Crippen molar-refractivity contribution in [1.29, 1.82) is 0 Å². The lowest BCUT2D eigenvalue weighted by Gasteiger charge is -2.39. The largest absolute Gasteiger partial charge is 0.335 e. The van der Waals surface area contributed by atoms with E-state index in [9.17, 15) is 22.0 Å². The minimum Gasteiger partial charge on any atom is -0.335 e. The van der Waals surface area contributed by atoms with Crippen LogP contribution in [0.4, 0.5) is 13.6 Å². The molecule has 7 nitrogen and oxygen atoms in total. The molecule has 0 bridgehead atoms. The number of halogens is 2. The number of rotatable bonds is 3. The van der Waals surface area contributed by atoms with Crippen LogP contribution in [0.2, 0.25) is 0 Å². The van der Waals surface area contributed by atoms with Crippen LogP contribution in [0.3, 0.4) is 0 Å². The van der Waals surface area contributed by atoms with Gasteiger partial charge in [-0.25, -0.2) is 22.0 Å². The quantitative estimate of drug-likeness (QED) is 0.875. The minimum atomic E-state index is -3.26. The average Bonchev–Trinajstić information content (AvgIpc) is 2.93. The molecular weight excluding hydrogens is 342 g/mol. The number of aryl methyl sites for hydroxylation is 1. The number of alkyl halides is 2. The lowest BCUT2D eigenvalue weighted by Crippen LogP contribution is -2.56. The first-order valence-corrected chi connectivity index (χ1v) is 9.69. The van der Waals surface area contributed by atoms with E-state index in [1.54, 1.807) is 17.1 Å². The van der Waals surface area contributed by atoms with Crippen molar-refractivity contribution in [3.8, 4) is 0 Å². The number of amides is 2. The number of nitrogens with one attached hydrogen (secondary N) is 1. The summed E-state index contributed by atoms with van der Waals surface area (Å²) in [5, 5.41) is 6.70. The van der Waals surface area contributed by atoms with Gasteiger partial charge in [-0.05, 0) is 6.92 Å². The molecule has 10 heteroatoms. The number of sulfone groups is 1. The number of hydrogen-bond acceptors (Lipinski definition) is 4. The predicted octanol–water partition coefficient (Wildman–Crippen LogP) is 1.18. The van der Waals surface area contributed by atoms with Crippen LogP contribution in [-0.4, -0.2) is 59.1 Å². The number of urea groups is 1. The summed E-state index contributed by atoms with van der Waals surface area (Å²) < 4.78 is 51.4. The molecule has 1 unspecified atom stereocenters. The zero-order valence-corrected chi connectivity index (χ0v) is 14.1. The van der Waals surface area contributed by atoms with Gasteiger partial charge in [0.2, 0.25) is 0 Å². The van der Waals surface area contributed by atoms with Crippen LogP contribution in [0.25, 0.3) is 0 Å². The van der Waals surface area contributed by atoms with Gasteiger partial charge in [0.15, 0.2) is 9.84 Å². The van der Waals surface area contributed by atoms with Gasteiger partial charge in [0.1, 0.15) is 0 Å². The van der Waals surface area contributed by atoms with E-state index in [-0.39, 0.29) is 30.9 Å². The second-order valence-corrected chi connectivity index (χ2v) is 8.59. The summed E-state index contributed by atoms with van der Waals surface area (Å²) in [6.07, 6.45) is 2.52. The third-order valence-corrected chi connectivity index (χ3v) is 6.10. The van der Waals surface area contributed by atoms with Crippen LogP contribution in [0, 0.1) is 0 Å². The van der Waals surface area contributed by atoms with E-state index in [0.29, 0.717) is 12.1 Å². The van der Waals surface area contributed by atoms with Crippen molar-refractivity contribution in [3.05, 3.63) is 18.0 Å². The Morgan fingerprint density at radius 1 is 1.46 bits per heavy atom. The first-order chi connectivity index (χ1) is 11.2. The van der Waals surface area contributed by atoms with Crippen molar-refractivity contribution < 1.29 is 22.0 Å². The molecule has 134 valence electrons. The van der Waals surface area contributed by atoms with Crippen molar-refractivity contribution in [3.63, 3.8) is 0 Å². The van der Waals surface area contributed by atoms with E-state index in [2.05, 4.69) is 10.4 Å². The van der Waals surface area contributed by atoms with Crippen molar-refractivity contribution in [1.82, 2.24) is 20.0 Å². The lowest BCUT2D eigenvalue weighted by atomic mass is 9.88. The molecule has 2 heterocycles. The van der Waals surface area contributed by atoms with E-state index >= 15 is 0 Å². The van der Waals surface area contributed by atoms with E-state index in [4.69, 9.17) is 0 Å².